The predicted octanol–water partition coefficient (Wildman–Crippen LogP) is 5.96. The van der Waals surface area contributed by atoms with Gasteiger partial charge in [-0.15, -0.1) is 0 Å². The van der Waals surface area contributed by atoms with Crippen molar-refractivity contribution in [1.29, 1.82) is 0 Å². The Morgan fingerprint density at radius 1 is 0.860 bits per heavy atom. The molecule has 12 heteroatoms. The topological polar surface area (TPSA) is 162 Å². The highest BCUT2D eigenvalue weighted by atomic mass is 17.3. The van der Waals surface area contributed by atoms with Gasteiger partial charge in [0.25, 0.3) is 5.79 Å². The molecule has 4 aromatic carbocycles. The number of ether oxygens (including phenoxy) is 4. The van der Waals surface area contributed by atoms with Crippen LogP contribution in [0, 0.1) is 10.8 Å². The summed E-state index contributed by atoms with van der Waals surface area (Å²) in [5.74, 6) is -1.82. The van der Waals surface area contributed by atoms with E-state index in [1.165, 1.54) is 24.3 Å². The molecule has 0 bridgehead atoms. The first kappa shape index (κ1) is 32.1. The number of carbonyl (C=O) groups is 2. The summed E-state index contributed by atoms with van der Waals surface area (Å²) in [6.07, 6.45) is 0. The van der Waals surface area contributed by atoms with Crippen LogP contribution in [0.5, 0.6) is 28.7 Å². The number of hydrogen-bond donors (Lipinski definition) is 4. The van der Waals surface area contributed by atoms with Gasteiger partial charge in [-0.05, 0) is 48.5 Å². The van der Waals surface area contributed by atoms with Crippen molar-refractivity contribution in [3.05, 3.63) is 107 Å². The number of nitrogens with one attached hydrogen (secondary N) is 1. The largest absolute Gasteiger partial charge is 0.508 e. The number of fused-ring (bicyclic) bond motifs is 7. The third kappa shape index (κ3) is 4.25. The monoisotopic (exact) mass is 681 g/mol. The van der Waals surface area contributed by atoms with Crippen LogP contribution in [0.2, 0.25) is 0 Å². The number of esters is 1. The zero-order valence-corrected chi connectivity index (χ0v) is 27.7. The molecule has 8 rings (SSSR count). The molecule has 2 unspecified atom stereocenters. The lowest BCUT2D eigenvalue weighted by Crippen LogP contribution is -2.74. The van der Waals surface area contributed by atoms with E-state index in [1.54, 1.807) is 48.5 Å². The summed E-state index contributed by atoms with van der Waals surface area (Å²) in [5.41, 5.74) is -0.995. The molecule has 2 fully saturated rings. The molecule has 0 saturated carbocycles. The van der Waals surface area contributed by atoms with Gasteiger partial charge in [-0.1, -0.05) is 45.9 Å². The summed E-state index contributed by atoms with van der Waals surface area (Å²) < 4.78 is 24.4. The highest BCUT2D eigenvalue weighted by Crippen LogP contribution is 2.69. The maximum Gasteiger partial charge on any atom is 0.340 e. The van der Waals surface area contributed by atoms with Crippen molar-refractivity contribution in [2.45, 2.75) is 44.7 Å². The van der Waals surface area contributed by atoms with E-state index in [2.05, 4.69) is 5.32 Å². The molecule has 4 aliphatic heterocycles. The Balaban J connectivity index is 1.02. The molecule has 2 atom stereocenters. The lowest BCUT2D eigenvalue weighted by Gasteiger charge is -2.61. The summed E-state index contributed by atoms with van der Waals surface area (Å²) in [7, 11) is 0. The fourth-order valence-electron chi connectivity index (χ4n) is 8.27. The number of phenolic OH excluding ortho intramolecular Hbond substituents is 3. The molecule has 4 aliphatic rings. The number of rotatable bonds is 7. The Hall–Kier alpha value is -5.14. The molecule has 0 radical (unpaired) electrons. The lowest BCUT2D eigenvalue weighted by atomic mass is 9.57. The molecule has 0 aliphatic carbocycles. The Morgan fingerprint density at radius 2 is 1.52 bits per heavy atom. The first-order valence-electron chi connectivity index (χ1n) is 16.1. The second kappa shape index (κ2) is 10.7. The van der Waals surface area contributed by atoms with E-state index in [-0.39, 0.29) is 47.5 Å². The number of aromatic hydroxyl groups is 3. The molecule has 0 aromatic heterocycles. The van der Waals surface area contributed by atoms with Crippen molar-refractivity contribution in [2.75, 3.05) is 25.1 Å². The van der Waals surface area contributed by atoms with Crippen molar-refractivity contribution in [1.82, 2.24) is 0 Å². The Bertz CT molecular complexity index is 2040. The molecule has 4 N–H and O–H groups in total. The maximum absolute atomic E-state index is 13.5. The average Bonchev–Trinajstić information content (AvgIpc) is 3.40. The maximum atomic E-state index is 13.5. The second-order valence-electron chi connectivity index (χ2n) is 14.4. The van der Waals surface area contributed by atoms with Gasteiger partial charge in [0.15, 0.2) is 11.2 Å². The smallest absolute Gasteiger partial charge is 0.340 e. The fraction of sp³-hybridized carbons (Fsp3) is 0.316. The number of phenols is 3. The zero-order chi connectivity index (χ0) is 35.3. The molecule has 12 nitrogen and oxygen atoms in total. The van der Waals surface area contributed by atoms with Crippen LogP contribution in [0.15, 0.2) is 78.9 Å². The van der Waals surface area contributed by atoms with E-state index >= 15 is 0 Å². The van der Waals surface area contributed by atoms with Crippen LogP contribution in [-0.4, -0.2) is 52.6 Å². The first-order valence-corrected chi connectivity index (χ1v) is 16.1. The van der Waals surface area contributed by atoms with Crippen LogP contribution in [0.25, 0.3) is 0 Å². The minimum atomic E-state index is -1.41. The van der Waals surface area contributed by atoms with Gasteiger partial charge in [0.05, 0.1) is 18.8 Å². The normalized spacial score (nSPS) is 23.5. The van der Waals surface area contributed by atoms with E-state index < -0.39 is 39.7 Å². The van der Waals surface area contributed by atoms with E-state index in [0.717, 1.165) is 0 Å². The van der Waals surface area contributed by atoms with E-state index in [1.807, 2.05) is 33.8 Å². The van der Waals surface area contributed by atoms with E-state index in [9.17, 15) is 24.9 Å². The number of amides is 1. The van der Waals surface area contributed by atoms with Crippen LogP contribution in [0.4, 0.5) is 5.69 Å². The second-order valence-corrected chi connectivity index (χ2v) is 14.4. The molecule has 1 spiro atoms. The summed E-state index contributed by atoms with van der Waals surface area (Å²) >= 11 is 0. The molecule has 2 saturated heterocycles. The van der Waals surface area contributed by atoms with Crippen molar-refractivity contribution >= 4 is 17.6 Å². The summed E-state index contributed by atoms with van der Waals surface area (Å²) in [5, 5.41) is 33.3. The SMILES string of the molecule is CC(C)(COCC(=O)Nc1ccc2c(c1)C(=O)OC21c2ccc(O)cc2Oc2cc(O)ccc21)C12OOC1(c1cccc(O)c1)OCC2(C)C. The zero-order valence-electron chi connectivity index (χ0n) is 27.7. The molecule has 4 aromatic rings. The number of benzene rings is 4. The van der Waals surface area contributed by atoms with Crippen LogP contribution < -0.4 is 10.1 Å². The third-order valence-corrected chi connectivity index (χ3v) is 10.3. The number of carbonyl (C=O) groups excluding carboxylic acids is 2. The Labute approximate surface area is 287 Å². The highest BCUT2D eigenvalue weighted by Gasteiger charge is 2.82. The van der Waals surface area contributed by atoms with Gasteiger partial charge in [0, 0.05) is 50.9 Å². The van der Waals surface area contributed by atoms with Crippen molar-refractivity contribution in [3.63, 3.8) is 0 Å². The van der Waals surface area contributed by atoms with Crippen LogP contribution in [-0.2, 0) is 40.2 Å². The van der Waals surface area contributed by atoms with Crippen molar-refractivity contribution in [3.8, 4) is 28.7 Å². The predicted molar refractivity (Wildman–Crippen MR) is 176 cm³/mol. The lowest BCUT2D eigenvalue weighted by molar-refractivity contribution is -0.628. The summed E-state index contributed by atoms with van der Waals surface area (Å²) in [6.45, 7) is 8.08. The molecule has 50 heavy (non-hydrogen) atoms. The fourth-order valence-corrected chi connectivity index (χ4v) is 8.27. The van der Waals surface area contributed by atoms with Gasteiger partial charge in [0.2, 0.25) is 5.91 Å². The third-order valence-electron chi connectivity index (χ3n) is 10.3. The minimum absolute atomic E-state index is 0.0417. The molecule has 1 amide bonds. The van der Waals surface area contributed by atoms with Gasteiger partial charge in [-0.25, -0.2) is 9.68 Å². The summed E-state index contributed by atoms with van der Waals surface area (Å²) in [4.78, 5) is 38.3. The number of anilines is 1. The average molecular weight is 682 g/mol. The Kier molecular flexibility index (Phi) is 6.85. The molecule has 4 heterocycles. The van der Waals surface area contributed by atoms with Crippen LogP contribution in [0.1, 0.15) is 60.3 Å². The van der Waals surface area contributed by atoms with Gasteiger partial charge < -0.3 is 39.6 Å². The molecular formula is C38H35NO11. The highest BCUT2D eigenvalue weighted by molar-refractivity contribution is 6.00. The first-order chi connectivity index (χ1) is 23.7. The van der Waals surface area contributed by atoms with E-state index in [4.69, 9.17) is 28.7 Å². The van der Waals surface area contributed by atoms with Gasteiger partial charge in [0.1, 0.15) is 35.4 Å². The van der Waals surface area contributed by atoms with Gasteiger partial charge >= 0.3 is 5.97 Å². The van der Waals surface area contributed by atoms with Crippen molar-refractivity contribution < 1.29 is 53.6 Å². The number of hydrogen-bond acceptors (Lipinski definition) is 11. The van der Waals surface area contributed by atoms with Crippen LogP contribution in [0.3, 0.4) is 0 Å². The Morgan fingerprint density at radius 3 is 2.16 bits per heavy atom. The minimum Gasteiger partial charge on any atom is -0.508 e. The van der Waals surface area contributed by atoms with Crippen LogP contribution >= 0.6 is 0 Å². The summed E-state index contributed by atoms with van der Waals surface area (Å²) in [6, 6.07) is 20.7. The van der Waals surface area contributed by atoms with Gasteiger partial charge in [-0.2, -0.15) is 4.89 Å². The molecule has 258 valence electrons. The molecular weight excluding hydrogens is 646 g/mol. The van der Waals surface area contributed by atoms with Crippen molar-refractivity contribution in [2.24, 2.45) is 10.8 Å². The van der Waals surface area contributed by atoms with E-state index in [0.29, 0.717) is 34.5 Å². The van der Waals surface area contributed by atoms with Gasteiger partial charge in [-0.3, -0.25) is 4.79 Å². The quantitative estimate of drug-likeness (QED) is 0.134. The standard InChI is InChI=1S/C38H35NO11/c1-34(2,38-35(3,4)20-46-37(38,49-50-38)21-6-5-7-23(40)14-21)19-45-18-32(43)39-22-8-11-27-26(15-22)33(44)48-36(27)28-12-9-24(41)16-30(28)47-31-17-25(42)10-13-29(31)36/h5-17,40-42H,18-20H2,1-4H3,(H,39,43).